The maximum absolute atomic E-state index is 12.0. The summed E-state index contributed by atoms with van der Waals surface area (Å²) in [6, 6.07) is 10.4. The number of hydrogen-bond donors (Lipinski definition) is 1. The number of aromatic nitrogens is 2. The van der Waals surface area contributed by atoms with E-state index >= 15 is 0 Å². The van der Waals surface area contributed by atoms with Gasteiger partial charge >= 0.3 is 0 Å². The number of ether oxygens (including phenoxy) is 1. The van der Waals surface area contributed by atoms with E-state index in [0.717, 1.165) is 30.1 Å². The van der Waals surface area contributed by atoms with Gasteiger partial charge in [-0.15, -0.1) is 0 Å². The van der Waals surface area contributed by atoms with Crippen molar-refractivity contribution < 1.29 is 9.53 Å². The van der Waals surface area contributed by atoms with Gasteiger partial charge in [0, 0.05) is 18.8 Å². The molecule has 0 bridgehead atoms. The minimum absolute atomic E-state index is 0.0414. The van der Waals surface area contributed by atoms with Gasteiger partial charge in [0.15, 0.2) is 0 Å². The van der Waals surface area contributed by atoms with Crippen LogP contribution in [-0.4, -0.2) is 53.4 Å². The topological polar surface area (TPSA) is 59.4 Å². The number of nitrogens with one attached hydrogen (secondary N) is 1. The number of aryl methyl sites for hydroxylation is 3. The summed E-state index contributed by atoms with van der Waals surface area (Å²) < 4.78 is 7.70. The molecule has 1 amide bonds. The molecule has 1 fully saturated rings. The molecule has 0 radical (unpaired) electrons. The van der Waals surface area contributed by atoms with E-state index in [2.05, 4.69) is 33.0 Å². The largest absolute Gasteiger partial charge is 0.492 e. The molecule has 6 nitrogen and oxygen atoms in total. The van der Waals surface area contributed by atoms with Crippen molar-refractivity contribution in [1.29, 1.82) is 0 Å². The van der Waals surface area contributed by atoms with E-state index in [0.29, 0.717) is 25.7 Å². The molecule has 3 rings (SSSR count). The van der Waals surface area contributed by atoms with Crippen molar-refractivity contribution >= 4 is 5.91 Å². The Labute approximate surface area is 148 Å². The number of amides is 1. The molecule has 6 heteroatoms. The number of likely N-dealkylation sites (tertiary alicyclic amines) is 1. The van der Waals surface area contributed by atoms with E-state index in [1.165, 1.54) is 5.69 Å². The van der Waals surface area contributed by atoms with Crippen LogP contribution in [0.5, 0.6) is 5.75 Å². The van der Waals surface area contributed by atoms with E-state index in [1.807, 2.05) is 38.1 Å². The lowest BCUT2D eigenvalue weighted by Gasteiger charge is -2.39. The van der Waals surface area contributed by atoms with Crippen molar-refractivity contribution in [2.24, 2.45) is 0 Å². The van der Waals surface area contributed by atoms with Crippen LogP contribution in [0.1, 0.15) is 23.0 Å². The molecule has 134 valence electrons. The molecule has 0 unspecified atom stereocenters. The van der Waals surface area contributed by atoms with Gasteiger partial charge in [-0.3, -0.25) is 14.4 Å². The molecular formula is C19H26N4O2. The summed E-state index contributed by atoms with van der Waals surface area (Å²) in [6.07, 6.45) is 0. The van der Waals surface area contributed by atoms with Crippen molar-refractivity contribution in [1.82, 2.24) is 20.0 Å². The molecule has 1 N–H and O–H groups in total. The number of benzene rings is 1. The van der Waals surface area contributed by atoms with E-state index in [4.69, 9.17) is 4.74 Å². The lowest BCUT2D eigenvalue weighted by molar-refractivity contribution is -0.123. The molecule has 0 spiro atoms. The molecule has 0 aliphatic carbocycles. The second kappa shape index (κ2) is 7.70. The second-order valence-electron chi connectivity index (χ2n) is 6.73. The Bertz CT molecular complexity index is 735. The van der Waals surface area contributed by atoms with E-state index in [9.17, 15) is 4.79 Å². The van der Waals surface area contributed by atoms with Crippen LogP contribution < -0.4 is 10.1 Å². The lowest BCUT2D eigenvalue weighted by Crippen LogP contribution is -2.52. The van der Waals surface area contributed by atoms with Crippen LogP contribution in [0.4, 0.5) is 0 Å². The van der Waals surface area contributed by atoms with Crippen LogP contribution >= 0.6 is 0 Å². The minimum atomic E-state index is 0.0414. The molecule has 2 aromatic rings. The SMILES string of the molecule is Cc1cccc(OCCNC(=O)CN2CC(n3nc(C)cc3C)C2)c1. The fourth-order valence-corrected chi connectivity index (χ4v) is 3.17. The van der Waals surface area contributed by atoms with Crippen molar-refractivity contribution in [3.63, 3.8) is 0 Å². The van der Waals surface area contributed by atoms with Crippen molar-refractivity contribution in [3.05, 3.63) is 47.3 Å². The predicted octanol–water partition coefficient (Wildman–Crippen LogP) is 1.86. The summed E-state index contributed by atoms with van der Waals surface area (Å²) >= 11 is 0. The fraction of sp³-hybridized carbons (Fsp3) is 0.474. The van der Waals surface area contributed by atoms with Crippen LogP contribution in [0.25, 0.3) is 0 Å². The van der Waals surface area contributed by atoms with Crippen molar-refractivity contribution in [3.8, 4) is 5.75 Å². The molecule has 1 aliphatic rings. The highest BCUT2D eigenvalue weighted by molar-refractivity contribution is 5.78. The van der Waals surface area contributed by atoms with Gasteiger partial charge in [0.05, 0.1) is 24.8 Å². The Morgan fingerprint density at radius 3 is 2.76 bits per heavy atom. The Kier molecular flexibility index (Phi) is 5.38. The Morgan fingerprint density at radius 1 is 1.28 bits per heavy atom. The van der Waals surface area contributed by atoms with Gasteiger partial charge < -0.3 is 10.1 Å². The number of rotatable bonds is 7. The zero-order valence-electron chi connectivity index (χ0n) is 15.2. The fourth-order valence-electron chi connectivity index (χ4n) is 3.17. The lowest BCUT2D eigenvalue weighted by atomic mass is 10.1. The van der Waals surface area contributed by atoms with E-state index in [-0.39, 0.29) is 5.91 Å². The van der Waals surface area contributed by atoms with Crippen molar-refractivity contribution in [2.45, 2.75) is 26.8 Å². The average Bonchev–Trinajstić information content (AvgIpc) is 2.85. The third-order valence-corrected chi connectivity index (χ3v) is 4.38. The van der Waals surface area contributed by atoms with E-state index in [1.54, 1.807) is 0 Å². The van der Waals surface area contributed by atoms with Gasteiger partial charge in [0.1, 0.15) is 12.4 Å². The maximum atomic E-state index is 12.0. The zero-order valence-corrected chi connectivity index (χ0v) is 15.2. The highest BCUT2D eigenvalue weighted by Crippen LogP contribution is 2.22. The standard InChI is InChI=1S/C19H26N4O2/c1-14-5-4-6-18(9-14)25-8-7-20-19(24)13-22-11-17(12-22)23-16(3)10-15(2)21-23/h4-6,9-10,17H,7-8,11-13H2,1-3H3,(H,20,24). The Hall–Kier alpha value is -2.34. The monoisotopic (exact) mass is 342 g/mol. The zero-order chi connectivity index (χ0) is 17.8. The summed E-state index contributed by atoms with van der Waals surface area (Å²) in [4.78, 5) is 14.1. The smallest absolute Gasteiger partial charge is 0.234 e. The van der Waals surface area contributed by atoms with Crippen LogP contribution in [-0.2, 0) is 4.79 Å². The number of carbonyl (C=O) groups is 1. The van der Waals surface area contributed by atoms with Gasteiger partial charge in [-0.25, -0.2) is 0 Å². The van der Waals surface area contributed by atoms with Crippen LogP contribution in [0.3, 0.4) is 0 Å². The summed E-state index contributed by atoms with van der Waals surface area (Å²) in [5.74, 6) is 0.879. The third-order valence-electron chi connectivity index (χ3n) is 4.38. The first kappa shape index (κ1) is 17.5. The molecule has 25 heavy (non-hydrogen) atoms. The Morgan fingerprint density at radius 2 is 2.08 bits per heavy atom. The minimum Gasteiger partial charge on any atom is -0.492 e. The first-order valence-electron chi connectivity index (χ1n) is 8.72. The molecule has 0 atom stereocenters. The average molecular weight is 342 g/mol. The van der Waals surface area contributed by atoms with Gasteiger partial charge in [-0.1, -0.05) is 12.1 Å². The van der Waals surface area contributed by atoms with Crippen LogP contribution in [0, 0.1) is 20.8 Å². The second-order valence-corrected chi connectivity index (χ2v) is 6.73. The number of nitrogens with zero attached hydrogens (tertiary/aromatic N) is 3. The first-order valence-corrected chi connectivity index (χ1v) is 8.72. The van der Waals surface area contributed by atoms with Gasteiger partial charge in [0.25, 0.3) is 0 Å². The maximum Gasteiger partial charge on any atom is 0.234 e. The molecule has 1 aromatic carbocycles. The van der Waals surface area contributed by atoms with Gasteiger partial charge in [-0.05, 0) is 44.5 Å². The predicted molar refractivity (Wildman–Crippen MR) is 96.9 cm³/mol. The molecule has 1 saturated heterocycles. The van der Waals surface area contributed by atoms with Gasteiger partial charge in [0.2, 0.25) is 5.91 Å². The summed E-state index contributed by atoms with van der Waals surface area (Å²) in [5.41, 5.74) is 3.39. The molecule has 0 saturated carbocycles. The Balaban J connectivity index is 1.32. The van der Waals surface area contributed by atoms with E-state index < -0.39 is 0 Å². The van der Waals surface area contributed by atoms with Crippen LogP contribution in [0.15, 0.2) is 30.3 Å². The summed E-state index contributed by atoms with van der Waals surface area (Å²) in [6.45, 7) is 9.27. The van der Waals surface area contributed by atoms with Gasteiger partial charge in [-0.2, -0.15) is 5.10 Å². The van der Waals surface area contributed by atoms with Crippen LogP contribution in [0.2, 0.25) is 0 Å². The highest BCUT2D eigenvalue weighted by atomic mass is 16.5. The first-order chi connectivity index (χ1) is 12.0. The van der Waals surface area contributed by atoms with Crippen molar-refractivity contribution in [2.75, 3.05) is 32.8 Å². The quantitative estimate of drug-likeness (QED) is 0.781. The summed E-state index contributed by atoms with van der Waals surface area (Å²) in [7, 11) is 0. The number of carbonyl (C=O) groups excluding carboxylic acids is 1. The highest BCUT2D eigenvalue weighted by Gasteiger charge is 2.30. The summed E-state index contributed by atoms with van der Waals surface area (Å²) in [5, 5.41) is 7.42. The normalized spacial score (nSPS) is 15.0. The molecule has 1 aromatic heterocycles. The molecular weight excluding hydrogens is 316 g/mol. The molecule has 1 aliphatic heterocycles. The molecule has 2 heterocycles. The third kappa shape index (κ3) is 4.60. The number of hydrogen-bond acceptors (Lipinski definition) is 4.